The Morgan fingerprint density at radius 1 is 0.944 bits per heavy atom. The van der Waals surface area contributed by atoms with E-state index >= 15 is 0 Å². The van der Waals surface area contributed by atoms with E-state index in [4.69, 9.17) is 4.98 Å². The quantitative estimate of drug-likeness (QED) is 0.849. The molecule has 0 radical (unpaired) electrons. The molecule has 1 atom stereocenters. The van der Waals surface area contributed by atoms with Crippen molar-refractivity contribution in [2.75, 3.05) is 56.8 Å². The third-order valence-electron chi connectivity index (χ3n) is 2.91. The van der Waals surface area contributed by atoms with Crippen molar-refractivity contribution in [1.82, 2.24) is 4.98 Å². The lowest BCUT2D eigenvalue weighted by molar-refractivity contribution is 1.11. The van der Waals surface area contributed by atoms with Crippen LogP contribution in [0.15, 0.2) is 18.2 Å². The van der Waals surface area contributed by atoms with Gasteiger partial charge in [0.25, 0.3) is 0 Å². The highest BCUT2D eigenvalue weighted by Crippen LogP contribution is 2.47. The highest BCUT2D eigenvalue weighted by Gasteiger charge is 2.16. The van der Waals surface area contributed by atoms with Gasteiger partial charge < -0.3 is 9.80 Å². The standard InChI is InChI=1S/C13H21N4P/c1-15(2)10-7-8-12-11(9-10)14-13(16(3)4)18(12)17(5)6/h7-9H,1-6H3. The number of hydrogen-bond donors (Lipinski definition) is 0. The molecule has 0 aliphatic rings. The predicted octanol–water partition coefficient (Wildman–Crippen LogP) is 2.55. The summed E-state index contributed by atoms with van der Waals surface area (Å²) >= 11 is 0. The van der Waals surface area contributed by atoms with Crippen molar-refractivity contribution in [3.8, 4) is 0 Å². The van der Waals surface area contributed by atoms with Gasteiger partial charge in [-0.25, -0.2) is 4.98 Å². The number of fused-ring (bicyclic) bond motifs is 1. The third-order valence-corrected chi connectivity index (χ3v) is 5.43. The second-order valence-electron chi connectivity index (χ2n) is 5.03. The molecular formula is C13H21N4P. The summed E-state index contributed by atoms with van der Waals surface area (Å²) in [5.74, 6) is 0. The summed E-state index contributed by atoms with van der Waals surface area (Å²) in [6.45, 7) is 0. The van der Waals surface area contributed by atoms with Gasteiger partial charge in [-0.15, -0.1) is 0 Å². The van der Waals surface area contributed by atoms with Crippen molar-refractivity contribution in [1.29, 1.82) is 0 Å². The molecule has 0 N–H and O–H groups in total. The maximum Gasteiger partial charge on any atom is 0.163 e. The van der Waals surface area contributed by atoms with E-state index in [1.54, 1.807) is 0 Å². The van der Waals surface area contributed by atoms with Crippen molar-refractivity contribution in [3.63, 3.8) is 0 Å². The zero-order valence-electron chi connectivity index (χ0n) is 12.0. The van der Waals surface area contributed by atoms with Crippen molar-refractivity contribution < 1.29 is 0 Å². The van der Waals surface area contributed by atoms with Crippen LogP contribution < -0.4 is 14.5 Å². The summed E-state index contributed by atoms with van der Waals surface area (Å²) in [4.78, 5) is 9.04. The second kappa shape index (κ2) is 4.79. The van der Waals surface area contributed by atoms with E-state index < -0.39 is 7.68 Å². The molecule has 1 aromatic carbocycles. The smallest absolute Gasteiger partial charge is 0.163 e. The Bertz CT molecular complexity index is 557. The summed E-state index contributed by atoms with van der Waals surface area (Å²) < 4.78 is 2.27. The minimum Gasteiger partial charge on any atom is -0.378 e. The number of hydrogen-bond acceptors (Lipinski definition) is 4. The van der Waals surface area contributed by atoms with Gasteiger partial charge in [0.2, 0.25) is 0 Å². The average molecular weight is 264 g/mol. The molecule has 0 amide bonds. The summed E-state index contributed by atoms with van der Waals surface area (Å²) in [5, 5.41) is 1.35. The fraction of sp³-hybridized carbons (Fsp3) is 0.462. The predicted molar refractivity (Wildman–Crippen MR) is 83.2 cm³/mol. The molecule has 1 unspecified atom stereocenters. The average Bonchev–Trinajstić information content (AvgIpc) is 2.66. The fourth-order valence-electron chi connectivity index (χ4n) is 2.01. The van der Waals surface area contributed by atoms with E-state index in [1.165, 1.54) is 16.4 Å². The molecule has 0 aliphatic carbocycles. The first-order valence-electron chi connectivity index (χ1n) is 5.96. The molecule has 98 valence electrons. The summed E-state index contributed by atoms with van der Waals surface area (Å²) in [5.41, 5.74) is 3.48. The van der Waals surface area contributed by atoms with Crippen LogP contribution in [-0.4, -0.2) is 47.3 Å². The van der Waals surface area contributed by atoms with Crippen LogP contribution in [0.4, 0.5) is 11.2 Å². The first-order chi connectivity index (χ1) is 8.41. The lowest BCUT2D eigenvalue weighted by atomic mass is 10.3. The monoisotopic (exact) mass is 264 g/mol. The van der Waals surface area contributed by atoms with Crippen LogP contribution in [0.1, 0.15) is 0 Å². The maximum atomic E-state index is 4.80. The fourth-order valence-corrected chi connectivity index (χ4v) is 4.14. The Labute approximate surface area is 110 Å². The van der Waals surface area contributed by atoms with Crippen molar-refractivity contribution >= 4 is 29.6 Å². The molecule has 5 heteroatoms. The van der Waals surface area contributed by atoms with E-state index in [9.17, 15) is 0 Å². The zero-order valence-corrected chi connectivity index (χ0v) is 12.9. The van der Waals surface area contributed by atoms with Gasteiger partial charge in [0, 0.05) is 46.7 Å². The highest BCUT2D eigenvalue weighted by molar-refractivity contribution is 7.60. The Hall–Kier alpha value is -1.25. The van der Waals surface area contributed by atoms with Gasteiger partial charge >= 0.3 is 0 Å². The molecule has 18 heavy (non-hydrogen) atoms. The van der Waals surface area contributed by atoms with Crippen molar-refractivity contribution in [3.05, 3.63) is 18.2 Å². The van der Waals surface area contributed by atoms with Crippen LogP contribution in [0.2, 0.25) is 0 Å². The van der Waals surface area contributed by atoms with Gasteiger partial charge in [0.05, 0.1) is 5.52 Å². The van der Waals surface area contributed by atoms with Gasteiger partial charge in [-0.3, -0.25) is 4.67 Å². The van der Waals surface area contributed by atoms with Gasteiger partial charge in [0.15, 0.2) is 5.55 Å². The Morgan fingerprint density at radius 2 is 1.61 bits per heavy atom. The summed E-state index contributed by atoms with van der Waals surface area (Å²) in [6.07, 6.45) is 0. The Kier molecular flexibility index (Phi) is 3.51. The normalized spacial score (nSPS) is 12.3. The van der Waals surface area contributed by atoms with E-state index in [1.807, 2.05) is 0 Å². The molecule has 2 rings (SSSR count). The van der Waals surface area contributed by atoms with Crippen LogP contribution >= 0.6 is 7.68 Å². The number of benzene rings is 1. The molecular weight excluding hydrogens is 243 g/mol. The lowest BCUT2D eigenvalue weighted by Gasteiger charge is -2.17. The Balaban J connectivity index is 2.68. The first-order valence-corrected chi connectivity index (χ1v) is 7.26. The molecule has 1 heterocycles. The SMILES string of the molecule is CN(C)c1ccc2c(c1)nc(N(C)C)p2N(C)C. The highest BCUT2D eigenvalue weighted by atomic mass is 31.1. The molecule has 4 nitrogen and oxygen atoms in total. The molecule has 0 saturated heterocycles. The van der Waals surface area contributed by atoms with Gasteiger partial charge in [-0.1, -0.05) is 0 Å². The number of rotatable bonds is 3. The molecule has 0 bridgehead atoms. The van der Waals surface area contributed by atoms with Crippen molar-refractivity contribution in [2.24, 2.45) is 0 Å². The number of aromatic nitrogens is 1. The molecule has 0 fully saturated rings. The van der Waals surface area contributed by atoms with Gasteiger partial charge in [-0.2, -0.15) is 0 Å². The third kappa shape index (κ3) is 2.18. The van der Waals surface area contributed by atoms with Gasteiger partial charge in [-0.05, 0) is 32.3 Å². The van der Waals surface area contributed by atoms with E-state index in [2.05, 4.69) is 75.0 Å². The molecule has 2 aromatic rings. The van der Waals surface area contributed by atoms with E-state index in [0.717, 1.165) is 5.52 Å². The topological polar surface area (TPSA) is 22.6 Å². The minimum atomic E-state index is -0.464. The lowest BCUT2D eigenvalue weighted by Crippen LogP contribution is -2.12. The van der Waals surface area contributed by atoms with E-state index in [0.29, 0.717) is 0 Å². The second-order valence-corrected chi connectivity index (χ2v) is 7.34. The Morgan fingerprint density at radius 3 is 2.11 bits per heavy atom. The minimum absolute atomic E-state index is 0.464. The summed E-state index contributed by atoms with van der Waals surface area (Å²) in [7, 11) is 12.0. The molecule has 0 aliphatic heterocycles. The van der Waals surface area contributed by atoms with Crippen molar-refractivity contribution in [2.45, 2.75) is 0 Å². The maximum absolute atomic E-state index is 4.80. The molecule has 1 aromatic heterocycles. The molecule has 0 spiro atoms. The molecule has 0 saturated carbocycles. The largest absolute Gasteiger partial charge is 0.378 e. The van der Waals surface area contributed by atoms with Crippen LogP contribution in [0.25, 0.3) is 10.6 Å². The first kappa shape index (κ1) is 13.2. The van der Waals surface area contributed by atoms with Crippen LogP contribution in [0.5, 0.6) is 0 Å². The van der Waals surface area contributed by atoms with Crippen LogP contribution in [-0.2, 0) is 0 Å². The van der Waals surface area contributed by atoms with E-state index in [-0.39, 0.29) is 0 Å². The summed E-state index contributed by atoms with van der Waals surface area (Å²) in [6, 6.07) is 6.56. The number of nitrogens with zero attached hydrogens (tertiary/aromatic N) is 4. The number of anilines is 2. The van der Waals surface area contributed by atoms with Gasteiger partial charge in [0.1, 0.15) is 0 Å². The zero-order chi connectivity index (χ0) is 13.4. The van der Waals surface area contributed by atoms with Crippen LogP contribution in [0.3, 0.4) is 0 Å². The van der Waals surface area contributed by atoms with Crippen LogP contribution in [0, 0.1) is 0 Å².